The first-order chi connectivity index (χ1) is 14.1. The molecule has 3 aromatic rings. The number of carbonyl (C=O) groups is 1. The van der Waals surface area contributed by atoms with Crippen LogP contribution in [0, 0.1) is 6.92 Å². The molecule has 1 amide bonds. The fourth-order valence-corrected chi connectivity index (χ4v) is 2.72. The van der Waals surface area contributed by atoms with E-state index >= 15 is 0 Å². The smallest absolute Gasteiger partial charge is 0.266 e. The number of nitrogens with zero attached hydrogens (tertiary/aromatic N) is 2. The first-order valence-electron chi connectivity index (χ1n) is 9.24. The summed E-state index contributed by atoms with van der Waals surface area (Å²) in [5.41, 5.74) is 2.56. The van der Waals surface area contributed by atoms with E-state index in [-0.39, 0.29) is 31.2 Å². The quantitative estimate of drug-likeness (QED) is 0.636. The van der Waals surface area contributed by atoms with Gasteiger partial charge in [-0.1, -0.05) is 42.0 Å². The Kier molecular flexibility index (Phi) is 6.63. The minimum absolute atomic E-state index is 0.147. The van der Waals surface area contributed by atoms with E-state index in [2.05, 4.69) is 10.4 Å². The van der Waals surface area contributed by atoms with Gasteiger partial charge in [-0.15, -0.1) is 0 Å². The second-order valence-corrected chi connectivity index (χ2v) is 6.44. The summed E-state index contributed by atoms with van der Waals surface area (Å²) in [6, 6.07) is 18.2. The third kappa shape index (κ3) is 5.44. The minimum atomic E-state index is -0.293. The van der Waals surface area contributed by atoms with Gasteiger partial charge in [-0.3, -0.25) is 9.59 Å². The highest BCUT2D eigenvalue weighted by atomic mass is 16.5. The fraction of sp³-hybridized carbons (Fsp3) is 0.227. The molecule has 3 rings (SSSR count). The summed E-state index contributed by atoms with van der Waals surface area (Å²) in [6.07, 6.45) is 0. The van der Waals surface area contributed by atoms with Gasteiger partial charge in [0, 0.05) is 18.2 Å². The third-order valence-corrected chi connectivity index (χ3v) is 4.29. The average Bonchev–Trinajstić information content (AvgIpc) is 2.74. The fourth-order valence-electron chi connectivity index (χ4n) is 2.72. The maximum absolute atomic E-state index is 12.1. The number of aromatic nitrogens is 2. The Morgan fingerprint density at radius 2 is 1.76 bits per heavy atom. The number of hydrogen-bond donors (Lipinski definition) is 1. The molecule has 0 aliphatic carbocycles. The number of ether oxygens (including phenoxy) is 2. The average molecular weight is 393 g/mol. The summed E-state index contributed by atoms with van der Waals surface area (Å²) >= 11 is 0. The van der Waals surface area contributed by atoms with Gasteiger partial charge in [-0.05, 0) is 25.1 Å². The lowest BCUT2D eigenvalue weighted by Gasteiger charge is -2.11. The number of benzene rings is 2. The summed E-state index contributed by atoms with van der Waals surface area (Å²) in [6.45, 7) is 2.39. The molecule has 0 aliphatic rings. The van der Waals surface area contributed by atoms with Crippen LogP contribution in [-0.2, 0) is 11.3 Å². The molecule has 7 nitrogen and oxygen atoms in total. The lowest BCUT2D eigenvalue weighted by molar-refractivity contribution is -0.123. The first kappa shape index (κ1) is 20.1. The molecule has 1 N–H and O–H groups in total. The molecule has 2 aromatic carbocycles. The Labute approximate surface area is 168 Å². The SMILES string of the molecule is COc1ccccc1OCC(=O)NCCn1nc(-c2ccc(C)cc2)ccc1=O. The van der Waals surface area contributed by atoms with Gasteiger partial charge in [0.2, 0.25) is 0 Å². The summed E-state index contributed by atoms with van der Waals surface area (Å²) in [5.74, 6) is 0.761. The molecular formula is C22H23N3O4. The number of rotatable bonds is 8. The molecular weight excluding hydrogens is 370 g/mol. The van der Waals surface area contributed by atoms with E-state index < -0.39 is 0 Å². The molecule has 0 saturated heterocycles. The Bertz CT molecular complexity index is 1030. The molecule has 0 aliphatic heterocycles. The van der Waals surface area contributed by atoms with Crippen LogP contribution in [0.25, 0.3) is 11.3 Å². The molecule has 1 heterocycles. The Balaban J connectivity index is 1.54. The highest BCUT2D eigenvalue weighted by Gasteiger charge is 2.08. The number of hydrogen-bond acceptors (Lipinski definition) is 5. The summed E-state index contributed by atoms with van der Waals surface area (Å²) in [7, 11) is 1.54. The van der Waals surface area contributed by atoms with E-state index in [4.69, 9.17) is 9.47 Å². The van der Waals surface area contributed by atoms with Crippen molar-refractivity contribution < 1.29 is 14.3 Å². The van der Waals surface area contributed by atoms with E-state index in [9.17, 15) is 9.59 Å². The van der Waals surface area contributed by atoms with E-state index in [1.807, 2.05) is 37.3 Å². The van der Waals surface area contributed by atoms with Crippen LogP contribution in [0.4, 0.5) is 0 Å². The maximum atomic E-state index is 12.1. The molecule has 150 valence electrons. The number of amides is 1. The number of para-hydroxylation sites is 2. The van der Waals surface area contributed by atoms with Crippen LogP contribution in [-0.4, -0.2) is 35.9 Å². The van der Waals surface area contributed by atoms with Gasteiger partial charge < -0.3 is 14.8 Å². The van der Waals surface area contributed by atoms with Crippen molar-refractivity contribution >= 4 is 5.91 Å². The van der Waals surface area contributed by atoms with E-state index in [1.54, 1.807) is 24.3 Å². The molecule has 0 radical (unpaired) electrons. The number of nitrogens with one attached hydrogen (secondary N) is 1. The van der Waals surface area contributed by atoms with Gasteiger partial charge in [-0.2, -0.15) is 5.10 Å². The van der Waals surface area contributed by atoms with Gasteiger partial charge in [0.15, 0.2) is 18.1 Å². The van der Waals surface area contributed by atoms with Crippen molar-refractivity contribution in [2.24, 2.45) is 0 Å². The van der Waals surface area contributed by atoms with Crippen molar-refractivity contribution in [3.63, 3.8) is 0 Å². The standard InChI is InChI=1S/C22H23N3O4/c1-16-7-9-17(10-8-16)18-11-12-22(27)25(24-18)14-13-23-21(26)15-29-20-6-4-3-5-19(20)28-2/h3-12H,13-15H2,1-2H3,(H,23,26). The van der Waals surface area contributed by atoms with Crippen LogP contribution < -0.4 is 20.3 Å². The lowest BCUT2D eigenvalue weighted by Crippen LogP contribution is -2.34. The van der Waals surface area contributed by atoms with Gasteiger partial charge in [0.05, 0.1) is 19.3 Å². The molecule has 0 atom stereocenters. The monoisotopic (exact) mass is 393 g/mol. The van der Waals surface area contributed by atoms with Crippen molar-refractivity contribution in [1.82, 2.24) is 15.1 Å². The van der Waals surface area contributed by atoms with Crippen molar-refractivity contribution in [3.8, 4) is 22.8 Å². The third-order valence-electron chi connectivity index (χ3n) is 4.29. The Morgan fingerprint density at radius 1 is 1.03 bits per heavy atom. The molecule has 0 fully saturated rings. The van der Waals surface area contributed by atoms with E-state index in [0.29, 0.717) is 17.2 Å². The van der Waals surface area contributed by atoms with Crippen LogP contribution in [0.1, 0.15) is 5.56 Å². The van der Waals surface area contributed by atoms with Crippen molar-refractivity contribution in [2.75, 3.05) is 20.3 Å². The van der Waals surface area contributed by atoms with E-state index in [1.165, 1.54) is 17.9 Å². The Morgan fingerprint density at radius 3 is 2.48 bits per heavy atom. The second-order valence-electron chi connectivity index (χ2n) is 6.44. The molecule has 0 unspecified atom stereocenters. The molecule has 0 spiro atoms. The van der Waals surface area contributed by atoms with Gasteiger partial charge >= 0.3 is 0 Å². The van der Waals surface area contributed by atoms with Crippen molar-refractivity contribution in [2.45, 2.75) is 13.5 Å². The molecule has 0 bridgehead atoms. The summed E-state index contributed by atoms with van der Waals surface area (Å²) < 4.78 is 12.0. The topological polar surface area (TPSA) is 82.4 Å². The van der Waals surface area contributed by atoms with Crippen LogP contribution >= 0.6 is 0 Å². The predicted molar refractivity (Wildman–Crippen MR) is 110 cm³/mol. The first-order valence-corrected chi connectivity index (χ1v) is 9.24. The molecule has 1 aromatic heterocycles. The van der Waals surface area contributed by atoms with Crippen LogP contribution in [0.5, 0.6) is 11.5 Å². The summed E-state index contributed by atoms with van der Waals surface area (Å²) in [5, 5.41) is 7.12. The molecule has 0 saturated carbocycles. The highest BCUT2D eigenvalue weighted by Crippen LogP contribution is 2.25. The number of aryl methyl sites for hydroxylation is 1. The van der Waals surface area contributed by atoms with Crippen molar-refractivity contribution in [3.05, 3.63) is 76.6 Å². The van der Waals surface area contributed by atoms with Crippen LogP contribution in [0.15, 0.2) is 65.5 Å². The largest absolute Gasteiger partial charge is 0.493 e. The maximum Gasteiger partial charge on any atom is 0.266 e. The van der Waals surface area contributed by atoms with Crippen LogP contribution in [0.2, 0.25) is 0 Å². The predicted octanol–water partition coefficient (Wildman–Crippen LogP) is 2.42. The van der Waals surface area contributed by atoms with Crippen molar-refractivity contribution in [1.29, 1.82) is 0 Å². The highest BCUT2D eigenvalue weighted by molar-refractivity contribution is 5.77. The number of carbonyl (C=O) groups excluding carboxylic acids is 1. The van der Waals surface area contributed by atoms with E-state index in [0.717, 1.165) is 11.1 Å². The summed E-state index contributed by atoms with van der Waals surface area (Å²) in [4.78, 5) is 24.1. The minimum Gasteiger partial charge on any atom is -0.493 e. The number of methoxy groups -OCH3 is 1. The van der Waals surface area contributed by atoms with Crippen LogP contribution in [0.3, 0.4) is 0 Å². The zero-order valence-electron chi connectivity index (χ0n) is 16.4. The lowest BCUT2D eigenvalue weighted by atomic mass is 10.1. The molecule has 7 heteroatoms. The normalized spacial score (nSPS) is 10.4. The van der Waals surface area contributed by atoms with Gasteiger partial charge in [0.1, 0.15) is 0 Å². The van der Waals surface area contributed by atoms with Gasteiger partial charge in [0.25, 0.3) is 11.5 Å². The zero-order chi connectivity index (χ0) is 20.6. The Hall–Kier alpha value is -3.61. The van der Waals surface area contributed by atoms with Gasteiger partial charge in [-0.25, -0.2) is 4.68 Å². The molecule has 29 heavy (non-hydrogen) atoms. The second kappa shape index (κ2) is 9.54. The zero-order valence-corrected chi connectivity index (χ0v) is 16.4.